The van der Waals surface area contributed by atoms with Crippen molar-refractivity contribution in [1.29, 1.82) is 0 Å². The molecule has 3 nitrogen and oxygen atoms in total. The van der Waals surface area contributed by atoms with E-state index in [9.17, 15) is 0 Å². The number of ether oxygens (including phenoxy) is 3. The van der Waals surface area contributed by atoms with Crippen LogP contribution in [-0.4, -0.2) is 38.6 Å². The number of fused-ring (bicyclic) bond motifs is 2. The molecule has 0 saturated carbocycles. The third-order valence-corrected chi connectivity index (χ3v) is 3.84. The molecule has 0 aliphatic carbocycles. The van der Waals surface area contributed by atoms with Gasteiger partial charge in [0.25, 0.3) is 0 Å². The fourth-order valence-corrected chi connectivity index (χ4v) is 2.99. The molecule has 1 saturated heterocycles. The summed E-state index contributed by atoms with van der Waals surface area (Å²) in [5.41, 5.74) is -0.345. The first kappa shape index (κ1) is 11.1. The van der Waals surface area contributed by atoms with Crippen molar-refractivity contribution in [1.82, 2.24) is 0 Å². The molecule has 2 aliphatic rings. The summed E-state index contributed by atoms with van der Waals surface area (Å²) >= 11 is 0. The number of rotatable bonds is 4. The lowest BCUT2D eigenvalue weighted by molar-refractivity contribution is -0.0360. The van der Waals surface area contributed by atoms with Gasteiger partial charge in [-0.2, -0.15) is 0 Å². The maximum absolute atomic E-state index is 6.11. The van der Waals surface area contributed by atoms with Crippen LogP contribution in [0.5, 0.6) is 0 Å². The summed E-state index contributed by atoms with van der Waals surface area (Å²) in [7, 11) is 3.48. The summed E-state index contributed by atoms with van der Waals surface area (Å²) in [5.74, 6) is 0.773. The zero-order valence-electron chi connectivity index (χ0n) is 9.95. The van der Waals surface area contributed by atoms with Crippen LogP contribution < -0.4 is 0 Å². The Hall–Kier alpha value is -0.380. The Labute approximate surface area is 91.4 Å². The molecule has 2 bridgehead atoms. The van der Waals surface area contributed by atoms with Gasteiger partial charge in [0.05, 0.1) is 24.4 Å². The molecule has 0 aromatic carbocycles. The quantitative estimate of drug-likeness (QED) is 0.663. The van der Waals surface area contributed by atoms with Crippen LogP contribution in [0.1, 0.15) is 13.8 Å². The van der Waals surface area contributed by atoms with Crippen LogP contribution in [-0.2, 0) is 14.2 Å². The number of hydrogen-bond donors (Lipinski definition) is 0. The maximum Gasteiger partial charge on any atom is 0.0902 e. The second kappa shape index (κ2) is 3.58. The highest BCUT2D eigenvalue weighted by molar-refractivity contribution is 5.27. The van der Waals surface area contributed by atoms with Crippen molar-refractivity contribution < 1.29 is 14.2 Å². The van der Waals surface area contributed by atoms with Gasteiger partial charge in [-0.05, 0) is 13.8 Å². The molecule has 0 aromatic heterocycles. The van der Waals surface area contributed by atoms with Crippen molar-refractivity contribution in [3.63, 3.8) is 0 Å². The molecule has 0 unspecified atom stereocenters. The molecule has 0 spiro atoms. The topological polar surface area (TPSA) is 27.7 Å². The molecule has 0 radical (unpaired) electrons. The van der Waals surface area contributed by atoms with Crippen molar-refractivity contribution in [3.05, 3.63) is 12.2 Å². The molecule has 3 heteroatoms. The molecule has 86 valence electrons. The molecule has 0 aromatic rings. The minimum Gasteiger partial charge on any atom is -0.384 e. The summed E-state index contributed by atoms with van der Waals surface area (Å²) in [4.78, 5) is 0. The Bertz CT molecular complexity index is 250. The first-order chi connectivity index (χ1) is 7.06. The summed E-state index contributed by atoms with van der Waals surface area (Å²) in [5, 5.41) is 0. The second-order valence-electron chi connectivity index (χ2n) is 4.93. The van der Waals surface area contributed by atoms with Gasteiger partial charge in [0, 0.05) is 26.1 Å². The average Bonchev–Trinajstić information content (AvgIpc) is 2.58. The lowest BCUT2D eigenvalue weighted by Gasteiger charge is -2.32. The van der Waals surface area contributed by atoms with Gasteiger partial charge in [0.15, 0.2) is 0 Å². The van der Waals surface area contributed by atoms with Crippen molar-refractivity contribution in [2.45, 2.75) is 25.0 Å². The van der Waals surface area contributed by atoms with E-state index in [1.807, 2.05) is 0 Å². The van der Waals surface area contributed by atoms with E-state index < -0.39 is 0 Å². The van der Waals surface area contributed by atoms with E-state index in [-0.39, 0.29) is 11.2 Å². The van der Waals surface area contributed by atoms with Crippen LogP contribution in [0, 0.1) is 11.8 Å². The van der Waals surface area contributed by atoms with Crippen LogP contribution in [0.15, 0.2) is 12.2 Å². The highest BCUT2D eigenvalue weighted by Gasteiger charge is 2.59. The van der Waals surface area contributed by atoms with E-state index in [0.29, 0.717) is 11.8 Å². The molecule has 2 aliphatic heterocycles. The summed E-state index contributed by atoms with van der Waals surface area (Å²) in [6.45, 7) is 5.72. The normalized spacial score (nSPS) is 47.7. The second-order valence-corrected chi connectivity index (χ2v) is 4.93. The van der Waals surface area contributed by atoms with Gasteiger partial charge in [-0.1, -0.05) is 12.2 Å². The van der Waals surface area contributed by atoms with Crippen LogP contribution in [0.25, 0.3) is 0 Å². The third kappa shape index (κ3) is 1.53. The van der Waals surface area contributed by atoms with Gasteiger partial charge in [0.1, 0.15) is 0 Å². The van der Waals surface area contributed by atoms with Gasteiger partial charge < -0.3 is 14.2 Å². The van der Waals surface area contributed by atoms with E-state index in [0.717, 1.165) is 13.2 Å². The van der Waals surface area contributed by atoms with Crippen LogP contribution >= 0.6 is 0 Å². The lowest BCUT2D eigenvalue weighted by Crippen LogP contribution is -2.40. The average molecular weight is 212 g/mol. The molecule has 2 heterocycles. The smallest absolute Gasteiger partial charge is 0.0902 e. The Morgan fingerprint density at radius 1 is 1.00 bits per heavy atom. The number of methoxy groups -OCH3 is 2. The molecule has 1 fully saturated rings. The summed E-state index contributed by atoms with van der Waals surface area (Å²) in [6.07, 6.45) is 4.34. The largest absolute Gasteiger partial charge is 0.384 e. The SMILES string of the molecule is COC[C@@H]1[C@H](COC)[C@]2(C)C=C[C@@]1(C)O2. The minimum absolute atomic E-state index is 0.173. The fourth-order valence-electron chi connectivity index (χ4n) is 2.99. The van der Waals surface area contributed by atoms with E-state index in [2.05, 4.69) is 26.0 Å². The van der Waals surface area contributed by atoms with Gasteiger partial charge in [-0.25, -0.2) is 0 Å². The van der Waals surface area contributed by atoms with E-state index >= 15 is 0 Å². The van der Waals surface area contributed by atoms with E-state index in [4.69, 9.17) is 14.2 Å². The van der Waals surface area contributed by atoms with Crippen LogP contribution in [0.3, 0.4) is 0 Å². The predicted molar refractivity (Wildman–Crippen MR) is 57.8 cm³/mol. The first-order valence-corrected chi connectivity index (χ1v) is 5.44. The molecule has 4 atom stereocenters. The molecule has 15 heavy (non-hydrogen) atoms. The van der Waals surface area contributed by atoms with Crippen molar-refractivity contribution in [2.24, 2.45) is 11.8 Å². The maximum atomic E-state index is 6.11. The first-order valence-electron chi connectivity index (χ1n) is 5.44. The monoisotopic (exact) mass is 212 g/mol. The molecule has 0 amide bonds. The zero-order valence-corrected chi connectivity index (χ0v) is 9.95. The summed E-state index contributed by atoms with van der Waals surface area (Å²) in [6, 6.07) is 0. The Balaban J connectivity index is 2.24. The van der Waals surface area contributed by atoms with Gasteiger partial charge >= 0.3 is 0 Å². The highest BCUT2D eigenvalue weighted by Crippen LogP contribution is 2.53. The van der Waals surface area contributed by atoms with Gasteiger partial charge in [-0.15, -0.1) is 0 Å². The van der Waals surface area contributed by atoms with Gasteiger partial charge in [-0.3, -0.25) is 0 Å². The highest BCUT2D eigenvalue weighted by atomic mass is 16.5. The third-order valence-electron chi connectivity index (χ3n) is 3.84. The standard InChI is InChI=1S/C12H20O3/c1-11-5-6-12(2,15-11)10(8-14-4)9(11)7-13-3/h5-6,9-10H,7-8H2,1-4H3/t9-,10+,11-,12+. The lowest BCUT2D eigenvalue weighted by atomic mass is 9.72. The Morgan fingerprint density at radius 2 is 1.40 bits per heavy atom. The molecule has 2 rings (SSSR count). The summed E-state index contributed by atoms with van der Waals surface area (Å²) < 4.78 is 16.7. The van der Waals surface area contributed by atoms with Gasteiger partial charge in [0.2, 0.25) is 0 Å². The number of hydrogen-bond acceptors (Lipinski definition) is 3. The minimum atomic E-state index is -0.173. The van der Waals surface area contributed by atoms with E-state index in [1.165, 1.54) is 0 Å². The van der Waals surface area contributed by atoms with Crippen LogP contribution in [0.4, 0.5) is 0 Å². The predicted octanol–water partition coefficient (Wildman–Crippen LogP) is 1.63. The van der Waals surface area contributed by atoms with Crippen molar-refractivity contribution >= 4 is 0 Å². The molecular weight excluding hydrogens is 192 g/mol. The fraction of sp³-hybridized carbons (Fsp3) is 0.833. The van der Waals surface area contributed by atoms with Crippen molar-refractivity contribution in [2.75, 3.05) is 27.4 Å². The molecular formula is C12H20O3. The van der Waals surface area contributed by atoms with Crippen molar-refractivity contribution in [3.8, 4) is 0 Å². The zero-order chi connectivity index (χ0) is 11.1. The Morgan fingerprint density at radius 3 is 1.73 bits per heavy atom. The van der Waals surface area contributed by atoms with E-state index in [1.54, 1.807) is 14.2 Å². The van der Waals surface area contributed by atoms with Crippen LogP contribution in [0.2, 0.25) is 0 Å². The Kier molecular flexibility index (Phi) is 2.65. The molecule has 0 N–H and O–H groups in total.